The first-order valence-electron chi connectivity index (χ1n) is 7.61. The fourth-order valence-corrected chi connectivity index (χ4v) is 2.49. The van der Waals surface area contributed by atoms with Gasteiger partial charge in [0.25, 0.3) is 11.7 Å². The van der Waals surface area contributed by atoms with E-state index in [1.54, 1.807) is 11.8 Å². The summed E-state index contributed by atoms with van der Waals surface area (Å²) in [6.45, 7) is 5.72. The molecule has 0 aliphatic carbocycles. The van der Waals surface area contributed by atoms with Gasteiger partial charge in [-0.05, 0) is 18.9 Å². The minimum absolute atomic E-state index is 0.0486. The minimum Gasteiger partial charge on any atom is -0.352 e. The Morgan fingerprint density at radius 3 is 2.83 bits per heavy atom. The fourth-order valence-electron chi connectivity index (χ4n) is 2.49. The van der Waals surface area contributed by atoms with Gasteiger partial charge in [-0.15, -0.1) is 0 Å². The summed E-state index contributed by atoms with van der Waals surface area (Å²) in [4.78, 5) is 30.8. The lowest BCUT2D eigenvalue weighted by Crippen LogP contribution is -2.38. The zero-order valence-electron chi connectivity index (χ0n) is 14.0. The largest absolute Gasteiger partial charge is 0.352 e. The molecule has 0 fully saturated rings. The van der Waals surface area contributed by atoms with Gasteiger partial charge in [-0.1, -0.05) is 11.2 Å². The van der Waals surface area contributed by atoms with E-state index in [9.17, 15) is 9.59 Å². The van der Waals surface area contributed by atoms with E-state index in [0.29, 0.717) is 12.4 Å². The molecule has 1 aromatic rings. The van der Waals surface area contributed by atoms with E-state index in [0.717, 1.165) is 19.5 Å². The molecule has 8 heteroatoms. The molecule has 1 atom stereocenters. The number of rotatable bonds is 5. The van der Waals surface area contributed by atoms with Gasteiger partial charge in [-0.2, -0.15) is 4.98 Å². The van der Waals surface area contributed by atoms with E-state index in [1.165, 1.54) is 12.6 Å². The van der Waals surface area contributed by atoms with Gasteiger partial charge in [-0.3, -0.25) is 14.5 Å². The molecule has 0 saturated carbocycles. The fraction of sp³-hybridized carbons (Fsp3) is 0.600. The molecule has 1 N–H and O–H groups in total. The Bertz CT molecular complexity index is 610. The molecule has 0 radical (unpaired) electrons. The lowest BCUT2D eigenvalue weighted by atomic mass is 10.0. The van der Waals surface area contributed by atoms with Gasteiger partial charge >= 0.3 is 0 Å². The van der Waals surface area contributed by atoms with E-state index in [2.05, 4.69) is 26.4 Å². The van der Waals surface area contributed by atoms with E-state index < -0.39 is 0 Å². The second kappa shape index (κ2) is 7.36. The van der Waals surface area contributed by atoms with Crippen LogP contribution in [0.5, 0.6) is 0 Å². The molecule has 2 amide bonds. The second-order valence-corrected chi connectivity index (χ2v) is 5.66. The second-order valence-electron chi connectivity index (χ2n) is 5.66. The Balaban J connectivity index is 1.92. The van der Waals surface area contributed by atoms with Gasteiger partial charge in [0.05, 0.1) is 6.54 Å². The summed E-state index contributed by atoms with van der Waals surface area (Å²) in [7, 11) is 3.34. The number of aromatic nitrogens is 2. The molecule has 23 heavy (non-hydrogen) atoms. The third kappa shape index (κ3) is 4.16. The number of amides is 2. The van der Waals surface area contributed by atoms with Crippen molar-refractivity contribution >= 4 is 11.8 Å². The first-order valence-corrected chi connectivity index (χ1v) is 7.61. The SMILES string of the molecule is CNC(=O)c1noc(CN2CC=C([C@@H](C)N(C)C(C)=O)CC2)n1. The number of nitrogens with one attached hydrogen (secondary N) is 1. The van der Waals surface area contributed by atoms with Crippen LogP contribution >= 0.6 is 0 Å². The van der Waals surface area contributed by atoms with Crippen molar-refractivity contribution in [2.75, 3.05) is 27.2 Å². The van der Waals surface area contributed by atoms with E-state index in [-0.39, 0.29) is 23.7 Å². The summed E-state index contributed by atoms with van der Waals surface area (Å²) in [5.74, 6) is 0.178. The molecule has 1 aliphatic heterocycles. The Morgan fingerprint density at radius 1 is 1.52 bits per heavy atom. The molecule has 126 valence electrons. The topological polar surface area (TPSA) is 91.6 Å². The van der Waals surface area contributed by atoms with Crippen molar-refractivity contribution in [3.05, 3.63) is 23.4 Å². The number of hydrogen-bond donors (Lipinski definition) is 1. The summed E-state index contributed by atoms with van der Waals surface area (Å²) < 4.78 is 5.10. The molecule has 0 bridgehead atoms. The zero-order chi connectivity index (χ0) is 17.0. The van der Waals surface area contributed by atoms with Crippen LogP contribution in [-0.2, 0) is 11.3 Å². The van der Waals surface area contributed by atoms with Gasteiger partial charge in [0.1, 0.15) is 0 Å². The van der Waals surface area contributed by atoms with Crippen LogP contribution in [0.4, 0.5) is 0 Å². The van der Waals surface area contributed by atoms with Crippen molar-refractivity contribution in [3.63, 3.8) is 0 Å². The lowest BCUT2D eigenvalue weighted by Gasteiger charge is -2.31. The van der Waals surface area contributed by atoms with E-state index >= 15 is 0 Å². The maximum absolute atomic E-state index is 11.4. The number of nitrogens with zero attached hydrogens (tertiary/aromatic N) is 4. The maximum Gasteiger partial charge on any atom is 0.292 e. The molecule has 8 nitrogen and oxygen atoms in total. The van der Waals surface area contributed by atoms with Gasteiger partial charge in [0.2, 0.25) is 11.8 Å². The molecule has 0 unspecified atom stereocenters. The molecule has 0 spiro atoms. The molecular formula is C15H23N5O3. The summed E-state index contributed by atoms with van der Waals surface area (Å²) in [5, 5.41) is 6.11. The predicted molar refractivity (Wildman–Crippen MR) is 83.6 cm³/mol. The van der Waals surface area contributed by atoms with Crippen LogP contribution in [0, 0.1) is 0 Å². The number of carbonyl (C=O) groups excluding carboxylic acids is 2. The minimum atomic E-state index is -0.359. The third-order valence-corrected chi connectivity index (χ3v) is 4.20. The first-order chi connectivity index (χ1) is 10.9. The quantitative estimate of drug-likeness (QED) is 0.791. The lowest BCUT2D eigenvalue weighted by molar-refractivity contribution is -0.128. The van der Waals surface area contributed by atoms with Crippen LogP contribution in [0.2, 0.25) is 0 Å². The number of likely N-dealkylation sites (N-methyl/N-ethyl adjacent to an activating group) is 1. The Hall–Kier alpha value is -2.22. The first kappa shape index (κ1) is 17.1. The molecule has 0 aromatic carbocycles. The van der Waals surface area contributed by atoms with Crippen molar-refractivity contribution in [2.45, 2.75) is 32.9 Å². The summed E-state index contributed by atoms with van der Waals surface area (Å²) in [5.41, 5.74) is 1.26. The van der Waals surface area contributed by atoms with Gasteiger partial charge in [0, 0.05) is 40.2 Å². The van der Waals surface area contributed by atoms with Gasteiger partial charge in [0.15, 0.2) is 0 Å². The molecule has 1 aliphatic rings. The number of hydrogen-bond acceptors (Lipinski definition) is 6. The van der Waals surface area contributed by atoms with Crippen LogP contribution in [-0.4, -0.2) is 65.0 Å². The average Bonchev–Trinajstić information content (AvgIpc) is 3.01. The Labute approximate surface area is 135 Å². The molecule has 2 rings (SSSR count). The zero-order valence-corrected chi connectivity index (χ0v) is 14.0. The van der Waals surface area contributed by atoms with E-state index in [1.807, 2.05) is 14.0 Å². The van der Waals surface area contributed by atoms with Crippen molar-refractivity contribution in [1.29, 1.82) is 0 Å². The maximum atomic E-state index is 11.4. The summed E-state index contributed by atoms with van der Waals surface area (Å²) in [6.07, 6.45) is 3.03. The van der Waals surface area contributed by atoms with E-state index in [4.69, 9.17) is 4.52 Å². The molecule has 0 saturated heterocycles. The molecular weight excluding hydrogens is 298 g/mol. The summed E-state index contributed by atoms with van der Waals surface area (Å²) >= 11 is 0. The van der Waals surface area contributed by atoms with Crippen LogP contribution in [0.3, 0.4) is 0 Å². The molecule has 2 heterocycles. The van der Waals surface area contributed by atoms with Gasteiger partial charge in [-0.25, -0.2) is 0 Å². The smallest absolute Gasteiger partial charge is 0.292 e. The monoisotopic (exact) mass is 321 g/mol. The Kier molecular flexibility index (Phi) is 5.49. The predicted octanol–water partition coefficient (Wildman–Crippen LogP) is 0.428. The van der Waals surface area contributed by atoms with Crippen LogP contribution in [0.15, 0.2) is 16.2 Å². The normalized spacial score (nSPS) is 16.6. The Morgan fingerprint density at radius 2 is 2.26 bits per heavy atom. The van der Waals surface area contributed by atoms with Crippen molar-refractivity contribution in [1.82, 2.24) is 25.3 Å². The standard InChI is InChI=1S/C15H23N5O3/c1-10(19(4)11(2)21)12-5-7-20(8-6-12)9-13-17-14(18-23-13)15(22)16-3/h5,10H,6-9H2,1-4H3,(H,16,22)/t10-/m1/s1. The summed E-state index contributed by atoms with van der Waals surface area (Å²) in [6, 6.07) is 0.109. The highest BCUT2D eigenvalue weighted by Gasteiger charge is 2.22. The van der Waals surface area contributed by atoms with Gasteiger partial charge < -0.3 is 14.7 Å². The van der Waals surface area contributed by atoms with Crippen molar-refractivity contribution < 1.29 is 14.1 Å². The van der Waals surface area contributed by atoms with Crippen LogP contribution < -0.4 is 5.32 Å². The highest BCUT2D eigenvalue weighted by atomic mass is 16.5. The van der Waals surface area contributed by atoms with Crippen molar-refractivity contribution in [2.24, 2.45) is 0 Å². The highest BCUT2D eigenvalue weighted by molar-refractivity contribution is 5.89. The third-order valence-electron chi connectivity index (χ3n) is 4.20. The van der Waals surface area contributed by atoms with Crippen LogP contribution in [0.25, 0.3) is 0 Å². The average molecular weight is 321 g/mol. The highest BCUT2D eigenvalue weighted by Crippen LogP contribution is 2.19. The number of carbonyl (C=O) groups is 2. The van der Waals surface area contributed by atoms with Crippen LogP contribution in [0.1, 0.15) is 36.8 Å². The van der Waals surface area contributed by atoms with Crippen molar-refractivity contribution in [3.8, 4) is 0 Å². The molecule has 1 aromatic heterocycles.